The molecule has 2 aromatic carbocycles. The van der Waals surface area contributed by atoms with Crippen molar-refractivity contribution in [1.29, 1.82) is 0 Å². The molecule has 0 aliphatic carbocycles. The lowest BCUT2D eigenvalue weighted by Gasteiger charge is -2.18. The van der Waals surface area contributed by atoms with Gasteiger partial charge in [0.25, 0.3) is 0 Å². The lowest BCUT2D eigenvalue weighted by atomic mass is 9.88. The number of anilines is 1. The van der Waals surface area contributed by atoms with E-state index in [0.29, 0.717) is 5.69 Å². The van der Waals surface area contributed by atoms with Crippen LogP contribution in [0.3, 0.4) is 0 Å². The smallest absolute Gasteiger partial charge is 0.318 e. The molecular formula is C22H22N4O2. The van der Waals surface area contributed by atoms with E-state index >= 15 is 0 Å². The number of carbonyl (C=O) groups is 2. The van der Waals surface area contributed by atoms with E-state index in [1.54, 1.807) is 26.4 Å². The summed E-state index contributed by atoms with van der Waals surface area (Å²) in [6.07, 6.45) is 3.49. The Bertz CT molecular complexity index is 1000. The molecule has 3 amide bonds. The van der Waals surface area contributed by atoms with Gasteiger partial charge >= 0.3 is 6.03 Å². The summed E-state index contributed by atoms with van der Waals surface area (Å²) in [5.41, 5.74) is 10.6. The van der Waals surface area contributed by atoms with Gasteiger partial charge in [0.15, 0.2) is 0 Å². The van der Waals surface area contributed by atoms with Crippen molar-refractivity contribution in [3.63, 3.8) is 0 Å². The minimum Gasteiger partial charge on any atom is -0.369 e. The van der Waals surface area contributed by atoms with Gasteiger partial charge in [-0.2, -0.15) is 0 Å². The van der Waals surface area contributed by atoms with Gasteiger partial charge in [-0.15, -0.1) is 0 Å². The summed E-state index contributed by atoms with van der Waals surface area (Å²) in [6, 6.07) is 16.8. The molecule has 1 atom stereocenters. The lowest BCUT2D eigenvalue weighted by molar-refractivity contribution is -0.119. The van der Waals surface area contributed by atoms with E-state index < -0.39 is 11.8 Å². The molecule has 0 aliphatic rings. The van der Waals surface area contributed by atoms with Crippen molar-refractivity contribution in [2.75, 3.05) is 12.4 Å². The number of nitrogens with one attached hydrogen (secondary N) is 2. The highest BCUT2D eigenvalue weighted by atomic mass is 16.2. The summed E-state index contributed by atoms with van der Waals surface area (Å²) < 4.78 is 0. The van der Waals surface area contributed by atoms with Crippen molar-refractivity contribution in [1.82, 2.24) is 10.3 Å². The minimum absolute atomic E-state index is 0.316. The van der Waals surface area contributed by atoms with Gasteiger partial charge in [-0.05, 0) is 47.4 Å². The molecule has 0 bridgehead atoms. The van der Waals surface area contributed by atoms with Crippen LogP contribution in [-0.2, 0) is 4.79 Å². The number of para-hydroxylation sites is 1. The largest absolute Gasteiger partial charge is 0.369 e. The highest BCUT2D eigenvalue weighted by Crippen LogP contribution is 2.36. The molecular weight excluding hydrogens is 352 g/mol. The topological polar surface area (TPSA) is 97.1 Å². The number of carbonyl (C=O) groups excluding carboxylic acids is 2. The normalized spacial score (nSPS) is 11.5. The van der Waals surface area contributed by atoms with Crippen molar-refractivity contribution < 1.29 is 9.59 Å². The van der Waals surface area contributed by atoms with E-state index in [2.05, 4.69) is 15.6 Å². The number of amides is 3. The van der Waals surface area contributed by atoms with Crippen LogP contribution in [0.25, 0.3) is 22.3 Å². The number of nitrogens with two attached hydrogens (primary N) is 1. The van der Waals surface area contributed by atoms with E-state index in [4.69, 9.17) is 5.73 Å². The van der Waals surface area contributed by atoms with Crippen LogP contribution < -0.4 is 16.4 Å². The number of hydrogen-bond donors (Lipinski definition) is 3. The number of hydrogen-bond acceptors (Lipinski definition) is 3. The van der Waals surface area contributed by atoms with Gasteiger partial charge in [-0.1, -0.05) is 36.4 Å². The SMILES string of the molecule is CNC(=O)Nc1ccccc1-c1ccc(-c2cccnc2)cc1C(C)C(N)=O. The third-order valence-corrected chi connectivity index (χ3v) is 4.63. The van der Waals surface area contributed by atoms with Gasteiger partial charge < -0.3 is 16.4 Å². The van der Waals surface area contributed by atoms with E-state index in [1.165, 1.54) is 0 Å². The van der Waals surface area contributed by atoms with Gasteiger partial charge in [0.05, 0.1) is 11.6 Å². The predicted octanol–water partition coefficient (Wildman–Crippen LogP) is 3.76. The molecule has 6 heteroatoms. The van der Waals surface area contributed by atoms with Crippen LogP contribution in [0.4, 0.5) is 10.5 Å². The summed E-state index contributed by atoms with van der Waals surface area (Å²) in [7, 11) is 1.56. The minimum atomic E-state index is -0.500. The van der Waals surface area contributed by atoms with Crippen LogP contribution in [-0.4, -0.2) is 24.0 Å². The number of urea groups is 1. The Balaban J connectivity index is 2.16. The fraction of sp³-hybridized carbons (Fsp3) is 0.136. The van der Waals surface area contributed by atoms with Gasteiger partial charge in [0.1, 0.15) is 0 Å². The van der Waals surface area contributed by atoms with Crippen molar-refractivity contribution >= 4 is 17.6 Å². The maximum atomic E-state index is 12.0. The first-order valence-corrected chi connectivity index (χ1v) is 8.93. The Morgan fingerprint density at radius 3 is 2.46 bits per heavy atom. The zero-order chi connectivity index (χ0) is 20.1. The third kappa shape index (κ3) is 4.01. The van der Waals surface area contributed by atoms with Gasteiger partial charge in [-0.25, -0.2) is 4.79 Å². The maximum Gasteiger partial charge on any atom is 0.318 e. The molecule has 0 saturated heterocycles. The fourth-order valence-electron chi connectivity index (χ4n) is 3.04. The maximum absolute atomic E-state index is 12.0. The Morgan fingerprint density at radius 2 is 1.79 bits per heavy atom. The summed E-state index contributed by atoms with van der Waals surface area (Å²) in [5.74, 6) is -0.916. The molecule has 1 unspecified atom stereocenters. The fourth-order valence-corrected chi connectivity index (χ4v) is 3.04. The van der Waals surface area contributed by atoms with E-state index in [9.17, 15) is 9.59 Å². The van der Waals surface area contributed by atoms with Gasteiger partial charge in [0.2, 0.25) is 5.91 Å². The highest BCUT2D eigenvalue weighted by Gasteiger charge is 2.19. The number of rotatable bonds is 5. The average Bonchev–Trinajstić information content (AvgIpc) is 2.73. The molecule has 0 spiro atoms. The van der Waals surface area contributed by atoms with Crippen LogP contribution in [0.1, 0.15) is 18.4 Å². The quantitative estimate of drug-likeness (QED) is 0.634. The Labute approximate surface area is 163 Å². The molecule has 142 valence electrons. The second-order valence-corrected chi connectivity index (χ2v) is 6.42. The average molecular weight is 374 g/mol. The molecule has 0 aliphatic heterocycles. The molecule has 3 aromatic rings. The predicted molar refractivity (Wildman–Crippen MR) is 111 cm³/mol. The number of primary amides is 1. The summed E-state index contributed by atoms with van der Waals surface area (Å²) >= 11 is 0. The Hall–Kier alpha value is -3.67. The zero-order valence-electron chi connectivity index (χ0n) is 15.8. The Kier molecular flexibility index (Phi) is 5.69. The molecule has 28 heavy (non-hydrogen) atoms. The van der Waals surface area contributed by atoms with E-state index in [1.807, 2.05) is 54.6 Å². The second kappa shape index (κ2) is 8.35. The van der Waals surface area contributed by atoms with Crippen molar-refractivity contribution in [3.8, 4) is 22.3 Å². The first-order chi connectivity index (χ1) is 13.5. The number of pyridine rings is 1. The van der Waals surface area contributed by atoms with Crippen LogP contribution in [0.2, 0.25) is 0 Å². The molecule has 0 saturated carbocycles. The monoisotopic (exact) mass is 374 g/mol. The second-order valence-electron chi connectivity index (χ2n) is 6.42. The number of aromatic nitrogens is 1. The molecule has 0 fully saturated rings. The van der Waals surface area contributed by atoms with E-state index in [0.717, 1.165) is 27.8 Å². The molecule has 4 N–H and O–H groups in total. The standard InChI is InChI=1S/C22H22N4O2/c1-14(21(23)27)19-12-15(16-6-5-11-25-13-16)9-10-17(19)18-7-3-4-8-20(18)26-22(28)24-2/h3-14H,1-2H3,(H2,23,27)(H2,24,26,28). The van der Waals surface area contributed by atoms with E-state index in [-0.39, 0.29) is 6.03 Å². The first kappa shape index (κ1) is 19.1. The van der Waals surface area contributed by atoms with Crippen LogP contribution in [0, 0.1) is 0 Å². The summed E-state index contributed by atoms with van der Waals surface area (Å²) in [5, 5.41) is 5.37. The van der Waals surface area contributed by atoms with Crippen molar-refractivity contribution in [2.24, 2.45) is 5.73 Å². The van der Waals surface area contributed by atoms with Crippen LogP contribution in [0.15, 0.2) is 67.0 Å². The van der Waals surface area contributed by atoms with Gasteiger partial charge in [0, 0.05) is 25.0 Å². The van der Waals surface area contributed by atoms with Crippen molar-refractivity contribution in [3.05, 3.63) is 72.6 Å². The third-order valence-electron chi connectivity index (χ3n) is 4.63. The lowest BCUT2D eigenvalue weighted by Crippen LogP contribution is -2.24. The highest BCUT2D eigenvalue weighted by molar-refractivity contribution is 5.96. The number of benzene rings is 2. The van der Waals surface area contributed by atoms with Gasteiger partial charge in [-0.3, -0.25) is 9.78 Å². The molecule has 1 aromatic heterocycles. The molecule has 3 rings (SSSR count). The summed E-state index contributed by atoms with van der Waals surface area (Å²) in [4.78, 5) is 28.0. The molecule has 0 radical (unpaired) electrons. The summed E-state index contributed by atoms with van der Waals surface area (Å²) in [6.45, 7) is 1.78. The molecule has 6 nitrogen and oxygen atoms in total. The zero-order valence-corrected chi connectivity index (χ0v) is 15.8. The van der Waals surface area contributed by atoms with Crippen LogP contribution in [0.5, 0.6) is 0 Å². The molecule has 1 heterocycles. The Morgan fingerprint density at radius 1 is 1.00 bits per heavy atom. The first-order valence-electron chi connectivity index (χ1n) is 8.93. The van der Waals surface area contributed by atoms with Crippen molar-refractivity contribution in [2.45, 2.75) is 12.8 Å². The number of nitrogens with zero attached hydrogens (tertiary/aromatic N) is 1. The van der Waals surface area contributed by atoms with Crippen LogP contribution >= 0.6 is 0 Å².